The number of methoxy groups -OCH3 is 2. The first-order chi connectivity index (χ1) is 14.0. The topological polar surface area (TPSA) is 42.2 Å². The van der Waals surface area contributed by atoms with Gasteiger partial charge in [0.1, 0.15) is 48.9 Å². The second kappa shape index (κ2) is 8.96. The summed E-state index contributed by atoms with van der Waals surface area (Å²) in [6.07, 6.45) is 6.13. The number of hydrogen-bond acceptors (Lipinski definition) is 3. The van der Waals surface area contributed by atoms with Gasteiger partial charge in [-0.2, -0.15) is 5.26 Å². The third-order valence-electron chi connectivity index (χ3n) is 4.56. The highest BCUT2D eigenvalue weighted by Crippen LogP contribution is 2.32. The van der Waals surface area contributed by atoms with Crippen molar-refractivity contribution in [1.29, 1.82) is 5.26 Å². The van der Waals surface area contributed by atoms with E-state index in [9.17, 15) is 4.39 Å². The fraction of sp³-hybridized carbons (Fsp3) is 0.174. The molecule has 0 aromatic heterocycles. The van der Waals surface area contributed by atoms with Crippen molar-refractivity contribution >= 4 is 15.9 Å². The van der Waals surface area contributed by atoms with Crippen LogP contribution in [-0.4, -0.2) is 25.2 Å². The molecule has 3 rings (SSSR count). The van der Waals surface area contributed by atoms with Crippen molar-refractivity contribution in [1.82, 2.24) is 0 Å². The van der Waals surface area contributed by atoms with E-state index in [0.29, 0.717) is 23.1 Å². The number of allylic oxidation sites excluding steroid dienone is 2. The maximum atomic E-state index is 13.5. The van der Waals surface area contributed by atoms with Gasteiger partial charge in [-0.25, -0.2) is 4.39 Å². The molecule has 1 atom stereocenters. The fourth-order valence-corrected chi connectivity index (χ4v) is 3.61. The van der Waals surface area contributed by atoms with Crippen LogP contribution in [0.1, 0.15) is 16.7 Å². The number of hydrogen-bond donors (Lipinski definition) is 0. The molecule has 0 radical (unpaired) electrons. The van der Waals surface area contributed by atoms with Gasteiger partial charge in [-0.1, -0.05) is 5.92 Å². The SMILES string of the molecule is COc1ccc(C[N+]2(CC#Cc3ccc(F)c(C#N)c3)C=CC(Br)=C2)c(OC)c1. The number of nitrogens with zero attached hydrogens (tertiary/aromatic N) is 2. The molecule has 1 aliphatic heterocycles. The van der Waals surface area contributed by atoms with Crippen molar-refractivity contribution in [3.05, 3.63) is 81.9 Å². The lowest BCUT2D eigenvalue weighted by Gasteiger charge is -2.27. The van der Waals surface area contributed by atoms with Gasteiger partial charge in [0.2, 0.25) is 0 Å². The molecule has 6 heteroatoms. The molecular weight excluding hydrogens is 435 g/mol. The van der Waals surface area contributed by atoms with Gasteiger partial charge < -0.3 is 9.47 Å². The lowest BCUT2D eigenvalue weighted by molar-refractivity contribution is -0.832. The number of quaternary nitrogens is 1. The first-order valence-electron chi connectivity index (χ1n) is 8.82. The minimum atomic E-state index is -0.539. The molecule has 0 N–H and O–H groups in total. The van der Waals surface area contributed by atoms with E-state index in [2.05, 4.69) is 40.2 Å². The average molecular weight is 454 g/mol. The van der Waals surface area contributed by atoms with Gasteiger partial charge in [0.15, 0.2) is 0 Å². The molecule has 4 nitrogen and oxygen atoms in total. The third-order valence-corrected chi connectivity index (χ3v) is 5.03. The van der Waals surface area contributed by atoms with Crippen LogP contribution in [0.4, 0.5) is 4.39 Å². The second-order valence-corrected chi connectivity index (χ2v) is 7.45. The Morgan fingerprint density at radius 2 is 1.97 bits per heavy atom. The summed E-state index contributed by atoms with van der Waals surface area (Å²) in [5, 5.41) is 8.98. The molecule has 1 unspecified atom stereocenters. The number of nitriles is 1. The van der Waals surface area contributed by atoms with E-state index >= 15 is 0 Å². The number of benzene rings is 2. The molecule has 2 aromatic carbocycles. The second-order valence-electron chi connectivity index (χ2n) is 6.53. The van der Waals surface area contributed by atoms with Crippen LogP contribution in [0.25, 0.3) is 0 Å². The molecule has 2 aromatic rings. The van der Waals surface area contributed by atoms with Gasteiger partial charge in [-0.05, 0) is 52.2 Å². The monoisotopic (exact) mass is 453 g/mol. The summed E-state index contributed by atoms with van der Waals surface area (Å²) in [4.78, 5) is 0. The van der Waals surface area contributed by atoms with Crippen LogP contribution < -0.4 is 9.47 Å². The summed E-state index contributed by atoms with van der Waals surface area (Å²) in [5.41, 5.74) is 1.62. The Bertz CT molecular complexity index is 1090. The summed E-state index contributed by atoms with van der Waals surface area (Å²) in [7, 11) is 3.25. The van der Waals surface area contributed by atoms with Crippen LogP contribution in [0.15, 0.2) is 59.4 Å². The first-order valence-corrected chi connectivity index (χ1v) is 9.61. The van der Waals surface area contributed by atoms with Gasteiger partial charge in [-0.15, -0.1) is 0 Å². The predicted octanol–water partition coefficient (Wildman–Crippen LogP) is 4.85. The molecule has 0 fully saturated rings. The maximum absolute atomic E-state index is 13.5. The zero-order valence-corrected chi connectivity index (χ0v) is 17.7. The summed E-state index contributed by atoms with van der Waals surface area (Å²) in [5.74, 6) is 7.14. The molecular formula is C23H19BrFN2O2+. The molecule has 0 bridgehead atoms. The molecule has 0 saturated heterocycles. The van der Waals surface area contributed by atoms with Crippen LogP contribution in [0.2, 0.25) is 0 Å². The summed E-state index contributed by atoms with van der Waals surface area (Å²) >= 11 is 3.53. The first kappa shape index (κ1) is 20.7. The highest BCUT2D eigenvalue weighted by molar-refractivity contribution is 9.11. The Morgan fingerprint density at radius 1 is 1.14 bits per heavy atom. The Kier molecular flexibility index (Phi) is 6.39. The van der Waals surface area contributed by atoms with E-state index in [1.165, 1.54) is 12.1 Å². The van der Waals surface area contributed by atoms with Crippen LogP contribution >= 0.6 is 15.9 Å². The molecule has 0 aliphatic carbocycles. The lowest BCUT2D eigenvalue weighted by Crippen LogP contribution is -2.35. The van der Waals surface area contributed by atoms with Gasteiger partial charge in [0, 0.05) is 23.3 Å². The normalized spacial score (nSPS) is 17.1. The molecule has 0 saturated carbocycles. The van der Waals surface area contributed by atoms with E-state index in [1.807, 2.05) is 30.3 Å². The molecule has 0 spiro atoms. The number of halogens is 2. The predicted molar refractivity (Wildman–Crippen MR) is 113 cm³/mol. The minimum Gasteiger partial charge on any atom is -0.497 e. The van der Waals surface area contributed by atoms with Gasteiger partial charge >= 0.3 is 0 Å². The van der Waals surface area contributed by atoms with Crippen molar-refractivity contribution in [2.75, 3.05) is 20.8 Å². The largest absolute Gasteiger partial charge is 0.497 e. The summed E-state index contributed by atoms with van der Waals surface area (Å²) in [6.45, 7) is 1.14. The van der Waals surface area contributed by atoms with E-state index in [0.717, 1.165) is 21.5 Å². The number of ether oxygens (including phenoxy) is 2. The highest BCUT2D eigenvalue weighted by atomic mass is 79.9. The molecule has 1 heterocycles. The zero-order valence-electron chi connectivity index (χ0n) is 16.1. The van der Waals surface area contributed by atoms with Gasteiger partial charge in [-0.3, -0.25) is 4.48 Å². The van der Waals surface area contributed by atoms with E-state index in [-0.39, 0.29) is 5.56 Å². The Balaban J connectivity index is 1.87. The van der Waals surface area contributed by atoms with Crippen LogP contribution in [0.3, 0.4) is 0 Å². The minimum absolute atomic E-state index is 0.00706. The fourth-order valence-electron chi connectivity index (χ4n) is 3.08. The molecule has 0 amide bonds. The molecule has 29 heavy (non-hydrogen) atoms. The highest BCUT2D eigenvalue weighted by Gasteiger charge is 2.28. The standard InChI is InChI=1S/C23H19BrFN2O2/c1-28-21-7-6-18(23(13-21)29-2)15-27(11-9-20(24)16-27)10-3-4-17-5-8-22(25)19(12-17)14-26/h5-9,11-13,16H,10,15H2,1-2H3/q+1. The third kappa shape index (κ3) is 4.86. The molecule has 1 aliphatic rings. The average Bonchev–Trinajstić information content (AvgIpc) is 3.10. The van der Waals surface area contributed by atoms with Crippen molar-refractivity contribution in [2.45, 2.75) is 6.54 Å². The van der Waals surface area contributed by atoms with Crippen molar-refractivity contribution in [3.63, 3.8) is 0 Å². The van der Waals surface area contributed by atoms with Crippen LogP contribution in [0, 0.1) is 29.0 Å². The van der Waals surface area contributed by atoms with Crippen LogP contribution in [-0.2, 0) is 6.54 Å². The maximum Gasteiger partial charge on any atom is 0.150 e. The van der Waals surface area contributed by atoms with Crippen molar-refractivity contribution in [3.8, 4) is 29.4 Å². The van der Waals surface area contributed by atoms with Gasteiger partial charge in [0.25, 0.3) is 0 Å². The summed E-state index contributed by atoms with van der Waals surface area (Å²) in [6, 6.07) is 11.9. The quantitative estimate of drug-likeness (QED) is 0.480. The van der Waals surface area contributed by atoms with E-state index in [1.54, 1.807) is 20.3 Å². The van der Waals surface area contributed by atoms with Crippen molar-refractivity contribution in [2.24, 2.45) is 0 Å². The van der Waals surface area contributed by atoms with E-state index in [4.69, 9.17) is 14.7 Å². The Morgan fingerprint density at radius 3 is 2.62 bits per heavy atom. The van der Waals surface area contributed by atoms with Gasteiger partial charge in [0.05, 0.1) is 24.3 Å². The van der Waals surface area contributed by atoms with Crippen LogP contribution in [0.5, 0.6) is 11.5 Å². The Hall–Kier alpha value is -3.06. The number of rotatable bonds is 5. The van der Waals surface area contributed by atoms with E-state index < -0.39 is 5.82 Å². The summed E-state index contributed by atoms with van der Waals surface area (Å²) < 4.78 is 25.7. The molecule has 146 valence electrons. The van der Waals surface area contributed by atoms with Crippen molar-refractivity contribution < 1.29 is 18.3 Å². The lowest BCUT2D eigenvalue weighted by atomic mass is 10.1. The smallest absolute Gasteiger partial charge is 0.150 e. The zero-order chi connectivity index (χ0) is 20.9. The Labute approximate surface area is 178 Å².